The number of halogens is 1. The van der Waals surface area contributed by atoms with E-state index in [-0.39, 0.29) is 11.1 Å². The fraction of sp³-hybridized carbons (Fsp3) is 0.300. The predicted molar refractivity (Wildman–Crippen MR) is 123 cm³/mol. The van der Waals surface area contributed by atoms with Crippen LogP contribution in [0.1, 0.15) is 39.2 Å². The second kappa shape index (κ2) is 9.02. The SMILES string of the molecule is CCOc1cc(C(CS(C)(=O)=O)N2C(=O)c3cc(I)cc([N+](=O)[O-])c3C2=O)ccc1OC. The van der Waals surface area contributed by atoms with Crippen LogP contribution in [0.5, 0.6) is 11.5 Å². The number of amides is 2. The first kappa shape index (κ1) is 23.9. The van der Waals surface area contributed by atoms with Gasteiger partial charge in [0.1, 0.15) is 15.4 Å². The molecule has 1 aliphatic rings. The lowest BCUT2D eigenvalue weighted by Crippen LogP contribution is -2.37. The molecule has 0 bridgehead atoms. The molecule has 2 amide bonds. The summed E-state index contributed by atoms with van der Waals surface area (Å²) in [5.74, 6) is -1.59. The Hall–Kier alpha value is -2.74. The smallest absolute Gasteiger partial charge is 0.284 e. The maximum Gasteiger partial charge on any atom is 0.284 e. The molecule has 0 aliphatic carbocycles. The van der Waals surface area contributed by atoms with Crippen LogP contribution in [-0.2, 0) is 9.84 Å². The zero-order chi connectivity index (χ0) is 23.8. The highest BCUT2D eigenvalue weighted by Crippen LogP contribution is 2.39. The second-order valence-electron chi connectivity index (χ2n) is 7.04. The molecule has 0 saturated carbocycles. The van der Waals surface area contributed by atoms with Crippen molar-refractivity contribution in [3.63, 3.8) is 0 Å². The van der Waals surface area contributed by atoms with Gasteiger partial charge in [-0.3, -0.25) is 24.6 Å². The average molecular weight is 574 g/mol. The lowest BCUT2D eigenvalue weighted by molar-refractivity contribution is -0.385. The van der Waals surface area contributed by atoms with Gasteiger partial charge in [0.05, 0.1) is 36.0 Å². The number of carbonyl (C=O) groups excluding carboxylic acids is 2. The van der Waals surface area contributed by atoms with Crippen molar-refractivity contribution in [2.24, 2.45) is 0 Å². The van der Waals surface area contributed by atoms with Gasteiger partial charge in [0.2, 0.25) is 0 Å². The molecule has 170 valence electrons. The maximum absolute atomic E-state index is 13.2. The van der Waals surface area contributed by atoms with Gasteiger partial charge in [-0.15, -0.1) is 0 Å². The summed E-state index contributed by atoms with van der Waals surface area (Å²) in [7, 11) is -2.23. The highest BCUT2D eigenvalue weighted by molar-refractivity contribution is 14.1. The summed E-state index contributed by atoms with van der Waals surface area (Å²) >= 11 is 1.82. The molecule has 0 N–H and O–H groups in total. The zero-order valence-corrected chi connectivity index (χ0v) is 20.3. The molecular weight excluding hydrogens is 555 g/mol. The number of carbonyl (C=O) groups is 2. The molecule has 12 heteroatoms. The highest BCUT2D eigenvalue weighted by atomic mass is 127. The molecule has 10 nitrogen and oxygen atoms in total. The van der Waals surface area contributed by atoms with E-state index in [1.807, 2.05) is 22.6 Å². The van der Waals surface area contributed by atoms with Gasteiger partial charge in [-0.1, -0.05) is 6.07 Å². The number of hydrogen-bond donors (Lipinski definition) is 0. The summed E-state index contributed by atoms with van der Waals surface area (Å²) < 4.78 is 35.6. The van der Waals surface area contributed by atoms with Crippen molar-refractivity contribution in [1.82, 2.24) is 4.90 Å². The van der Waals surface area contributed by atoms with E-state index in [4.69, 9.17) is 9.47 Å². The third-order valence-corrected chi connectivity index (χ3v) is 6.35. The zero-order valence-electron chi connectivity index (χ0n) is 17.3. The highest BCUT2D eigenvalue weighted by Gasteiger charge is 2.46. The molecule has 0 aromatic heterocycles. The molecule has 1 heterocycles. The van der Waals surface area contributed by atoms with Crippen LogP contribution in [0.3, 0.4) is 0 Å². The van der Waals surface area contributed by atoms with Crippen LogP contribution in [0.25, 0.3) is 0 Å². The summed E-state index contributed by atoms with van der Waals surface area (Å²) in [5.41, 5.74) is -0.676. The number of hydrogen-bond acceptors (Lipinski definition) is 8. The Bertz CT molecular complexity index is 1230. The van der Waals surface area contributed by atoms with E-state index in [0.717, 1.165) is 11.2 Å². The quantitative estimate of drug-likeness (QED) is 0.204. The van der Waals surface area contributed by atoms with Gasteiger partial charge in [-0.05, 0) is 53.3 Å². The Morgan fingerprint density at radius 3 is 2.41 bits per heavy atom. The molecular formula is C20H19IN2O8S. The van der Waals surface area contributed by atoms with Crippen LogP contribution in [0, 0.1) is 13.7 Å². The van der Waals surface area contributed by atoms with Crippen LogP contribution in [-0.4, -0.2) is 55.8 Å². The van der Waals surface area contributed by atoms with Crippen LogP contribution in [0.15, 0.2) is 30.3 Å². The lowest BCUT2D eigenvalue weighted by atomic mass is 10.1. The Kier molecular flexibility index (Phi) is 6.74. The third-order valence-electron chi connectivity index (χ3n) is 4.81. The molecule has 1 atom stereocenters. The molecule has 0 saturated heterocycles. The van der Waals surface area contributed by atoms with Gasteiger partial charge >= 0.3 is 0 Å². The van der Waals surface area contributed by atoms with Crippen LogP contribution < -0.4 is 9.47 Å². The third kappa shape index (κ3) is 4.55. The number of fused-ring (bicyclic) bond motifs is 1. The van der Waals surface area contributed by atoms with Gasteiger partial charge in [0.15, 0.2) is 11.5 Å². The Labute approximate surface area is 197 Å². The number of nitro groups is 1. The van der Waals surface area contributed by atoms with E-state index in [9.17, 15) is 28.1 Å². The van der Waals surface area contributed by atoms with E-state index in [0.29, 0.717) is 27.2 Å². The number of imide groups is 1. The van der Waals surface area contributed by atoms with Gasteiger partial charge in [-0.25, -0.2) is 8.42 Å². The minimum Gasteiger partial charge on any atom is -0.493 e. The van der Waals surface area contributed by atoms with Gasteiger partial charge < -0.3 is 9.47 Å². The first-order valence-corrected chi connectivity index (χ1v) is 12.5. The molecule has 1 unspecified atom stereocenters. The molecule has 2 aromatic rings. The maximum atomic E-state index is 13.2. The van der Waals surface area contributed by atoms with Crippen LogP contribution in [0.2, 0.25) is 0 Å². The van der Waals surface area contributed by atoms with E-state index in [1.165, 1.54) is 31.4 Å². The topological polar surface area (TPSA) is 133 Å². The summed E-state index contributed by atoms with van der Waals surface area (Å²) in [6, 6.07) is 5.91. The second-order valence-corrected chi connectivity index (χ2v) is 10.5. The van der Waals surface area contributed by atoms with Crippen molar-refractivity contribution >= 4 is 49.9 Å². The van der Waals surface area contributed by atoms with Crippen LogP contribution >= 0.6 is 22.6 Å². The number of benzene rings is 2. The van der Waals surface area contributed by atoms with Gasteiger partial charge in [0, 0.05) is 15.9 Å². The summed E-state index contributed by atoms with van der Waals surface area (Å²) in [6.07, 6.45) is 0.983. The monoisotopic (exact) mass is 574 g/mol. The van der Waals surface area contributed by atoms with Crippen molar-refractivity contribution in [3.8, 4) is 11.5 Å². The molecule has 0 spiro atoms. The van der Waals surface area contributed by atoms with Crippen molar-refractivity contribution < 1.29 is 32.4 Å². The number of rotatable bonds is 8. The van der Waals surface area contributed by atoms with Crippen molar-refractivity contribution in [3.05, 3.63) is 60.7 Å². The molecule has 1 aliphatic heterocycles. The van der Waals surface area contributed by atoms with Gasteiger partial charge in [-0.2, -0.15) is 0 Å². The number of sulfone groups is 1. The van der Waals surface area contributed by atoms with E-state index < -0.39 is 44.1 Å². The number of nitro benzene ring substituents is 1. The van der Waals surface area contributed by atoms with E-state index in [2.05, 4.69) is 0 Å². The summed E-state index contributed by atoms with van der Waals surface area (Å²) in [5, 5.41) is 11.5. The molecule has 32 heavy (non-hydrogen) atoms. The normalized spacial score (nSPS) is 14.3. The number of ether oxygens (including phenoxy) is 2. The fourth-order valence-corrected chi connectivity index (χ4v) is 5.05. The Morgan fingerprint density at radius 1 is 1.16 bits per heavy atom. The molecule has 0 fully saturated rings. The van der Waals surface area contributed by atoms with E-state index >= 15 is 0 Å². The fourth-order valence-electron chi connectivity index (χ4n) is 3.53. The molecule has 3 rings (SSSR count). The summed E-state index contributed by atoms with van der Waals surface area (Å²) in [4.78, 5) is 38.0. The Balaban J connectivity index is 2.18. The van der Waals surface area contributed by atoms with Crippen molar-refractivity contribution in [2.75, 3.05) is 25.7 Å². The number of methoxy groups -OCH3 is 1. The summed E-state index contributed by atoms with van der Waals surface area (Å²) in [6.45, 7) is 2.05. The Morgan fingerprint density at radius 2 is 1.84 bits per heavy atom. The minimum absolute atomic E-state index is 0.134. The van der Waals surface area contributed by atoms with Crippen molar-refractivity contribution in [2.45, 2.75) is 13.0 Å². The van der Waals surface area contributed by atoms with Crippen molar-refractivity contribution in [1.29, 1.82) is 0 Å². The average Bonchev–Trinajstić information content (AvgIpc) is 2.95. The standard InChI is InChI=1S/C20H19IN2O8S/c1-4-31-17-7-11(5-6-16(17)30-2)15(10-32(3,28)29)22-19(24)13-8-12(21)9-14(23(26)27)18(13)20(22)25/h5-9,15H,4,10H2,1-3H3. The van der Waals surface area contributed by atoms with Gasteiger partial charge in [0.25, 0.3) is 17.5 Å². The predicted octanol–water partition coefficient (Wildman–Crippen LogP) is 2.99. The van der Waals surface area contributed by atoms with Crippen LogP contribution in [0.4, 0.5) is 5.69 Å². The largest absolute Gasteiger partial charge is 0.493 e. The lowest BCUT2D eigenvalue weighted by Gasteiger charge is -2.26. The first-order chi connectivity index (χ1) is 15.0. The number of nitrogens with zero attached hydrogens (tertiary/aromatic N) is 2. The molecule has 0 radical (unpaired) electrons. The first-order valence-electron chi connectivity index (χ1n) is 9.32. The molecule has 2 aromatic carbocycles. The minimum atomic E-state index is -3.67. The van der Waals surface area contributed by atoms with E-state index in [1.54, 1.807) is 13.0 Å².